The van der Waals surface area contributed by atoms with Gasteiger partial charge in [0.2, 0.25) is 0 Å². The molecule has 2 amide bonds. The summed E-state index contributed by atoms with van der Waals surface area (Å²) in [6.45, 7) is 2.41. The zero-order chi connectivity index (χ0) is 10.1. The standard InChI is InChI=1S/C7H14N2O3S/c1-3-4-9-6-13(11,12)5-8(2)7(9)10/h3-6H2,1-2H3. The van der Waals surface area contributed by atoms with Crippen molar-refractivity contribution in [2.24, 2.45) is 0 Å². The Labute approximate surface area is 78.2 Å². The summed E-state index contributed by atoms with van der Waals surface area (Å²) in [4.78, 5) is 14.0. The smallest absolute Gasteiger partial charge is 0.313 e. The number of carbonyl (C=O) groups is 1. The minimum atomic E-state index is -3.11. The summed E-state index contributed by atoms with van der Waals surface area (Å²) in [6, 6.07) is -0.198. The van der Waals surface area contributed by atoms with Crippen molar-refractivity contribution in [1.82, 2.24) is 9.80 Å². The molecule has 1 saturated heterocycles. The first-order valence-electron chi connectivity index (χ1n) is 4.17. The van der Waals surface area contributed by atoms with Crippen molar-refractivity contribution in [2.45, 2.75) is 13.3 Å². The number of nitrogens with zero attached hydrogens (tertiary/aromatic N) is 2. The van der Waals surface area contributed by atoms with E-state index in [1.54, 1.807) is 0 Å². The van der Waals surface area contributed by atoms with E-state index in [1.807, 2.05) is 6.92 Å². The Hall–Kier alpha value is -0.780. The molecule has 13 heavy (non-hydrogen) atoms. The summed E-state index contributed by atoms with van der Waals surface area (Å²) >= 11 is 0. The highest BCUT2D eigenvalue weighted by molar-refractivity contribution is 7.91. The van der Waals surface area contributed by atoms with Crippen LogP contribution in [0.4, 0.5) is 4.79 Å². The van der Waals surface area contributed by atoms with E-state index < -0.39 is 9.84 Å². The predicted molar refractivity (Wildman–Crippen MR) is 48.8 cm³/mol. The summed E-state index contributed by atoms with van der Waals surface area (Å²) in [7, 11) is -1.60. The van der Waals surface area contributed by atoms with Crippen LogP contribution in [0.5, 0.6) is 0 Å². The molecule has 0 spiro atoms. The average Bonchev–Trinajstić information content (AvgIpc) is 1.99. The van der Waals surface area contributed by atoms with Crippen molar-refractivity contribution in [3.8, 4) is 0 Å². The Morgan fingerprint density at radius 1 is 1.38 bits per heavy atom. The third-order valence-corrected chi connectivity index (χ3v) is 3.32. The molecule has 6 heteroatoms. The van der Waals surface area contributed by atoms with Crippen molar-refractivity contribution in [1.29, 1.82) is 0 Å². The van der Waals surface area contributed by atoms with E-state index in [9.17, 15) is 13.2 Å². The minimum absolute atomic E-state index is 0.135. The van der Waals surface area contributed by atoms with E-state index in [2.05, 4.69) is 0 Å². The minimum Gasteiger partial charge on any atom is -0.313 e. The summed E-state index contributed by atoms with van der Waals surface area (Å²) in [5.41, 5.74) is 0. The molecular weight excluding hydrogens is 192 g/mol. The van der Waals surface area contributed by atoms with Crippen molar-refractivity contribution < 1.29 is 13.2 Å². The van der Waals surface area contributed by atoms with E-state index in [1.165, 1.54) is 16.8 Å². The van der Waals surface area contributed by atoms with Gasteiger partial charge in [0.05, 0.1) is 0 Å². The Bertz CT molecular complexity index is 299. The second kappa shape index (κ2) is 3.53. The Kier molecular flexibility index (Phi) is 2.80. The fourth-order valence-electron chi connectivity index (χ4n) is 1.36. The molecule has 0 aromatic carbocycles. The first-order valence-corrected chi connectivity index (χ1v) is 5.99. The monoisotopic (exact) mass is 206 g/mol. The third-order valence-electron chi connectivity index (χ3n) is 1.83. The van der Waals surface area contributed by atoms with Crippen LogP contribution in [-0.4, -0.2) is 49.6 Å². The van der Waals surface area contributed by atoms with Gasteiger partial charge in [-0.1, -0.05) is 6.92 Å². The molecule has 5 nitrogen and oxygen atoms in total. The SMILES string of the molecule is CCCN1CS(=O)(=O)CN(C)C1=O. The van der Waals surface area contributed by atoms with Gasteiger partial charge in [0, 0.05) is 13.6 Å². The molecule has 0 bridgehead atoms. The molecule has 1 rings (SSSR count). The lowest BCUT2D eigenvalue weighted by atomic mass is 10.4. The molecule has 76 valence electrons. The number of hydrogen-bond acceptors (Lipinski definition) is 3. The molecule has 0 aliphatic carbocycles. The Morgan fingerprint density at radius 2 is 2.00 bits per heavy atom. The summed E-state index contributed by atoms with van der Waals surface area (Å²) < 4.78 is 22.5. The van der Waals surface area contributed by atoms with Crippen LogP contribution >= 0.6 is 0 Å². The second-order valence-corrected chi connectivity index (χ2v) is 5.25. The molecular formula is C7H14N2O3S. The molecule has 0 unspecified atom stereocenters. The van der Waals surface area contributed by atoms with Gasteiger partial charge in [-0.25, -0.2) is 13.2 Å². The van der Waals surface area contributed by atoms with Gasteiger partial charge in [0.1, 0.15) is 11.8 Å². The van der Waals surface area contributed by atoms with Gasteiger partial charge in [-0.05, 0) is 6.42 Å². The van der Waals surface area contributed by atoms with Crippen LogP contribution in [0.1, 0.15) is 13.3 Å². The molecule has 1 heterocycles. The fraction of sp³-hybridized carbons (Fsp3) is 0.857. The second-order valence-electron chi connectivity index (χ2n) is 3.25. The van der Waals surface area contributed by atoms with Crippen LogP contribution in [-0.2, 0) is 9.84 Å². The zero-order valence-corrected chi connectivity index (χ0v) is 8.67. The third kappa shape index (κ3) is 2.33. The summed E-state index contributed by atoms with van der Waals surface area (Å²) in [6.07, 6.45) is 0.773. The quantitative estimate of drug-likeness (QED) is 0.643. The van der Waals surface area contributed by atoms with Crippen molar-refractivity contribution in [3.63, 3.8) is 0 Å². The summed E-state index contributed by atoms with van der Waals surface area (Å²) in [5.74, 6) is -0.296. The van der Waals surface area contributed by atoms with Crippen LogP contribution in [0.3, 0.4) is 0 Å². The fourth-order valence-corrected chi connectivity index (χ4v) is 2.85. The van der Waals surface area contributed by atoms with Crippen molar-refractivity contribution in [3.05, 3.63) is 0 Å². The highest BCUT2D eigenvalue weighted by atomic mass is 32.2. The topological polar surface area (TPSA) is 57.7 Å². The largest absolute Gasteiger partial charge is 0.321 e. The van der Waals surface area contributed by atoms with Gasteiger partial charge in [0.15, 0.2) is 9.84 Å². The van der Waals surface area contributed by atoms with Gasteiger partial charge in [0.25, 0.3) is 0 Å². The molecule has 0 aromatic rings. The molecule has 0 atom stereocenters. The van der Waals surface area contributed by atoms with Crippen molar-refractivity contribution in [2.75, 3.05) is 25.3 Å². The van der Waals surface area contributed by atoms with E-state index in [4.69, 9.17) is 0 Å². The van der Waals surface area contributed by atoms with Crippen LogP contribution in [0.25, 0.3) is 0 Å². The number of urea groups is 1. The lowest BCUT2D eigenvalue weighted by Gasteiger charge is -2.32. The van der Waals surface area contributed by atoms with E-state index in [-0.39, 0.29) is 17.8 Å². The molecule has 0 aromatic heterocycles. The highest BCUT2D eigenvalue weighted by Gasteiger charge is 2.31. The summed E-state index contributed by atoms with van der Waals surface area (Å²) in [5, 5.41) is 0. The predicted octanol–water partition coefficient (Wildman–Crippen LogP) is 0.0936. The Balaban J connectivity index is 2.78. The maximum absolute atomic E-state index is 11.4. The van der Waals surface area contributed by atoms with Crippen LogP contribution in [0.15, 0.2) is 0 Å². The van der Waals surface area contributed by atoms with Gasteiger partial charge >= 0.3 is 6.03 Å². The molecule has 0 N–H and O–H groups in total. The molecule has 0 radical (unpaired) electrons. The first-order chi connectivity index (χ1) is 5.96. The van der Waals surface area contributed by atoms with Crippen LogP contribution in [0, 0.1) is 0 Å². The highest BCUT2D eigenvalue weighted by Crippen LogP contribution is 2.10. The van der Waals surface area contributed by atoms with Crippen LogP contribution in [0.2, 0.25) is 0 Å². The maximum atomic E-state index is 11.4. The molecule has 1 fully saturated rings. The van der Waals surface area contributed by atoms with Gasteiger partial charge in [-0.15, -0.1) is 0 Å². The number of carbonyl (C=O) groups excluding carboxylic acids is 1. The normalized spacial score (nSPS) is 22.2. The number of hydrogen-bond donors (Lipinski definition) is 0. The number of amides is 2. The lowest BCUT2D eigenvalue weighted by molar-refractivity contribution is 0.170. The van der Waals surface area contributed by atoms with Gasteiger partial charge in [-0.3, -0.25) is 0 Å². The van der Waals surface area contributed by atoms with E-state index in [0.717, 1.165) is 6.42 Å². The van der Waals surface area contributed by atoms with Gasteiger partial charge in [-0.2, -0.15) is 0 Å². The lowest BCUT2D eigenvalue weighted by Crippen LogP contribution is -2.51. The zero-order valence-electron chi connectivity index (χ0n) is 7.86. The Morgan fingerprint density at radius 3 is 2.54 bits per heavy atom. The van der Waals surface area contributed by atoms with E-state index in [0.29, 0.717) is 6.54 Å². The molecule has 1 aliphatic heterocycles. The number of rotatable bonds is 2. The van der Waals surface area contributed by atoms with E-state index >= 15 is 0 Å². The first kappa shape index (κ1) is 10.3. The van der Waals surface area contributed by atoms with Gasteiger partial charge < -0.3 is 9.80 Å². The van der Waals surface area contributed by atoms with Crippen molar-refractivity contribution >= 4 is 15.9 Å². The van der Waals surface area contributed by atoms with Crippen LogP contribution < -0.4 is 0 Å². The molecule has 1 aliphatic rings. The number of sulfone groups is 1. The molecule has 0 saturated carbocycles. The maximum Gasteiger partial charge on any atom is 0.321 e. The average molecular weight is 206 g/mol.